The zero-order chi connectivity index (χ0) is 95.3. The van der Waals surface area contributed by atoms with Crippen LogP contribution in [-0.2, 0) is 35.9 Å². The fourth-order valence-electron chi connectivity index (χ4n) is 10.5. The van der Waals surface area contributed by atoms with E-state index < -0.39 is 5.82 Å². The molecule has 1 aliphatic heterocycles. The van der Waals surface area contributed by atoms with E-state index in [-0.39, 0.29) is 99.5 Å². The number of nitrogens with zero attached hydrogens (tertiary/aromatic N) is 5. The lowest BCUT2D eigenvalue weighted by atomic mass is 9.97. The predicted octanol–water partition coefficient (Wildman–Crippen LogP) is 20.9. The highest BCUT2D eigenvalue weighted by Crippen LogP contribution is 2.34. The number of hydrogen-bond donors (Lipinski definition) is 15. The molecular weight excluding hydrogens is 1710 g/mol. The number of rotatable bonds is 19. The molecule has 0 unspecified atom stereocenters. The number of anilines is 6. The molecule has 6 heterocycles. The van der Waals surface area contributed by atoms with Crippen LogP contribution in [0.2, 0.25) is 14.4 Å². The number of amides is 5. The van der Waals surface area contributed by atoms with Gasteiger partial charge in [0.15, 0.2) is 35.0 Å². The lowest BCUT2D eigenvalue weighted by molar-refractivity contribution is -0.119. The molecule has 7 aromatic carbocycles. The molecule has 0 saturated carbocycles. The molecule has 0 saturated heterocycles. The maximum atomic E-state index is 13.5. The van der Waals surface area contributed by atoms with Crippen LogP contribution in [0.25, 0.3) is 44.1 Å². The second-order valence-corrected chi connectivity index (χ2v) is 35.0. The Labute approximate surface area is 764 Å². The number of amidine groups is 5. The number of pyridine rings is 1. The first-order valence-corrected chi connectivity index (χ1v) is 42.7. The minimum atomic E-state index is -0.596. The van der Waals surface area contributed by atoms with E-state index in [9.17, 15) is 28.4 Å². The number of fused-ring (bicyclic) bond motifs is 2. The SMILES string of the molecule is CC(C)(C)c1ncc(-c2ccc(Cl)cc2)o1.CC(C)C(=O)Nc1ccc(C(=N)N)cc1Cl.CC(C)C(=O)Nc1ccc(C(=N)N)cc1F.CC(C)C(=O)Nc1ccc2c(N)nccc2c1.CC(C)C(=O)Nc1ccc2c(c1)CN=C2N.CC(C)c1ncc(-c2ccc(Cl)s2)o1.CC(C)c1ncc(-c2cccc(C(=N)N)c2)o1.Cc1cc(C(=N)N)ccc1NC(=O)C(C)C. The van der Waals surface area contributed by atoms with E-state index in [1.54, 1.807) is 94.9 Å². The van der Waals surface area contributed by atoms with Crippen molar-refractivity contribution in [3.05, 3.63) is 259 Å². The minimum Gasteiger partial charge on any atom is -0.440 e. The van der Waals surface area contributed by atoms with Gasteiger partial charge in [-0.3, -0.25) is 50.6 Å². The van der Waals surface area contributed by atoms with E-state index in [0.717, 1.165) is 99.3 Å². The highest BCUT2D eigenvalue weighted by Gasteiger charge is 2.22. The van der Waals surface area contributed by atoms with Crippen LogP contribution in [0, 0.1) is 64.0 Å². The first-order valence-electron chi connectivity index (χ1n) is 40.8. The fourth-order valence-corrected chi connectivity index (χ4v) is 11.9. The highest BCUT2D eigenvalue weighted by molar-refractivity contribution is 7.19. The van der Waals surface area contributed by atoms with E-state index in [2.05, 4.69) is 86.1 Å². The van der Waals surface area contributed by atoms with E-state index >= 15 is 0 Å². The summed E-state index contributed by atoms with van der Waals surface area (Å²) in [5.41, 5.74) is 42.8. The molecule has 128 heavy (non-hydrogen) atoms. The number of hydrogen-bond acceptors (Lipinski definition) is 20. The number of aryl methyl sites for hydroxylation is 1. The normalized spacial score (nSPS) is 11.1. The molecular formula is C95H114Cl3FN20O8S. The van der Waals surface area contributed by atoms with Crippen molar-refractivity contribution >= 4 is 150 Å². The van der Waals surface area contributed by atoms with Crippen molar-refractivity contribution in [2.24, 2.45) is 63.3 Å². The summed E-state index contributed by atoms with van der Waals surface area (Å²) in [6.45, 7) is 35.0. The Morgan fingerprint density at radius 3 is 1.41 bits per heavy atom. The van der Waals surface area contributed by atoms with Gasteiger partial charge in [0.1, 0.15) is 40.8 Å². The number of nitrogens with two attached hydrogens (primary N) is 6. The van der Waals surface area contributed by atoms with Crippen molar-refractivity contribution in [1.82, 2.24) is 19.9 Å². The number of carbonyl (C=O) groups is 5. The van der Waals surface area contributed by atoms with Gasteiger partial charge in [0.2, 0.25) is 29.5 Å². The summed E-state index contributed by atoms with van der Waals surface area (Å²) in [5, 5.41) is 45.7. The molecule has 0 atom stereocenters. The Morgan fingerprint density at radius 2 is 0.930 bits per heavy atom. The third-order valence-electron chi connectivity index (χ3n) is 18.2. The van der Waals surface area contributed by atoms with Crippen molar-refractivity contribution < 1.29 is 41.6 Å². The van der Waals surface area contributed by atoms with E-state index in [0.29, 0.717) is 68.7 Å². The fraction of sp³-hybridized carbons (Fsp3) is 0.284. The predicted molar refractivity (Wildman–Crippen MR) is 518 cm³/mol. The summed E-state index contributed by atoms with van der Waals surface area (Å²) in [4.78, 5) is 79.2. The molecule has 13 rings (SSSR count). The van der Waals surface area contributed by atoms with E-state index in [4.69, 9.17) is 104 Å². The monoisotopic (exact) mass is 1820 g/mol. The Balaban J connectivity index is 0.000000226. The van der Waals surface area contributed by atoms with E-state index in [1.807, 2.05) is 159 Å². The first-order chi connectivity index (χ1) is 60.1. The van der Waals surface area contributed by atoms with Crippen molar-refractivity contribution in [3.63, 3.8) is 0 Å². The number of halogens is 4. The van der Waals surface area contributed by atoms with E-state index in [1.165, 1.54) is 23.5 Å². The molecule has 33 heteroatoms. The number of carbonyl (C=O) groups excluding carboxylic acids is 5. The van der Waals surface area contributed by atoms with Crippen LogP contribution in [-0.4, -0.2) is 78.6 Å². The molecule has 1 aliphatic rings. The minimum absolute atomic E-state index is 0.00591. The molecule has 0 spiro atoms. The number of aromatic nitrogens is 4. The lowest BCUT2D eigenvalue weighted by Crippen LogP contribution is -2.19. The summed E-state index contributed by atoms with van der Waals surface area (Å²) in [6.07, 6.45) is 6.86. The van der Waals surface area contributed by atoms with Gasteiger partial charge < -0.3 is 74.2 Å². The number of aliphatic imine (C=N–C) groups is 1. The molecule has 21 N–H and O–H groups in total. The van der Waals surface area contributed by atoms with Crippen LogP contribution in [0.4, 0.5) is 38.6 Å². The Hall–Kier alpha value is -13.4. The number of thiophene rings is 1. The van der Waals surface area contributed by atoms with Gasteiger partial charge in [0.25, 0.3) is 0 Å². The molecule has 0 aliphatic carbocycles. The Kier molecular flexibility index (Phi) is 39.0. The number of benzene rings is 7. The summed E-state index contributed by atoms with van der Waals surface area (Å²) >= 11 is 19.1. The smallest absolute Gasteiger partial charge is 0.227 e. The molecule has 28 nitrogen and oxygen atoms in total. The van der Waals surface area contributed by atoms with Crippen molar-refractivity contribution in [3.8, 4) is 33.3 Å². The maximum Gasteiger partial charge on any atom is 0.227 e. The van der Waals surface area contributed by atoms with Crippen LogP contribution in [0.1, 0.15) is 186 Å². The molecule has 0 fully saturated rings. The second kappa shape index (κ2) is 48.3. The summed E-state index contributed by atoms with van der Waals surface area (Å²) in [5.74, 6) is 4.64. The zero-order valence-electron chi connectivity index (χ0n) is 75.0. The topological polar surface area (TPSA) is 500 Å². The number of nitrogens with one attached hydrogen (secondary N) is 9. The largest absolute Gasteiger partial charge is 0.440 e. The van der Waals surface area contributed by atoms with Gasteiger partial charge in [-0.15, -0.1) is 11.3 Å². The molecule has 0 bridgehead atoms. The van der Waals surface area contributed by atoms with Gasteiger partial charge in [-0.1, -0.05) is 171 Å². The average Bonchev–Trinajstić information content (AvgIpc) is 1.65. The lowest BCUT2D eigenvalue weighted by Gasteiger charge is -2.12. The maximum absolute atomic E-state index is 13.5. The molecule has 676 valence electrons. The van der Waals surface area contributed by atoms with Crippen LogP contribution in [0.15, 0.2) is 201 Å². The van der Waals surface area contributed by atoms with Crippen molar-refractivity contribution in [1.29, 1.82) is 21.6 Å². The van der Waals surface area contributed by atoms with Crippen LogP contribution >= 0.6 is 46.1 Å². The molecule has 5 amide bonds. The summed E-state index contributed by atoms with van der Waals surface area (Å²) in [7, 11) is 0. The van der Waals surface area contributed by atoms with Gasteiger partial charge >= 0.3 is 0 Å². The Bertz CT molecular complexity index is 5710. The average molecular weight is 1820 g/mol. The van der Waals surface area contributed by atoms with Crippen LogP contribution in [0.5, 0.6) is 0 Å². The standard InChI is InChI=1S/C13H14ClNO.2C13H15N3O.C12H15N3O.C12H17N3O.C11H14ClN3O.C11H14FN3O.C10H10ClNOS/c1-13(2,3)12-15-8-11(16-12)9-4-6-10(14)7-5-9;1-8(2)13(17)16-10-3-4-11-9(7-10)5-6-15-12(11)14;1-8(2)13-16-7-11(17-13)9-4-3-5-10(6-9)12(14)15;1-7(2)12(16)15-9-3-4-10-8(5-9)6-14-11(10)13;1-7(2)12(16)15-10-5-4-9(11(13)14)6-8(10)3;2*1-6(2)11(16)15-9-4-3-7(10(13)14)5-8(9)12;1-6(2)10-12-5-7(13-10)8-3-4-9(11)14-8/h4-8H,1-3H3;3-8H,1-2H3,(H2,14,15)(H,16,17);3-8H,1-2H3,(H3,14,15);3-5,7H,6H2,1-2H3,(H2,13,14)(H,15,16);4-7H,1-3H3,(H3,13,14)(H,15,16);2*3-6H,1-2H3,(H3,13,14)(H,15,16);3-6H,1-2H3. The van der Waals surface area contributed by atoms with Gasteiger partial charge in [-0.2, -0.15) is 0 Å². The Morgan fingerprint density at radius 1 is 0.469 bits per heavy atom. The second-order valence-electron chi connectivity index (χ2n) is 32.4. The third-order valence-corrected chi connectivity index (χ3v) is 20.0. The van der Waals surface area contributed by atoms with Crippen LogP contribution in [0.3, 0.4) is 0 Å². The first kappa shape index (κ1) is 103. The molecule has 5 aromatic heterocycles. The summed E-state index contributed by atoms with van der Waals surface area (Å²) in [6, 6.07) is 46.0. The van der Waals surface area contributed by atoms with Gasteiger partial charge in [-0.25, -0.2) is 24.3 Å². The molecule has 0 radical (unpaired) electrons. The molecule has 12 aromatic rings. The van der Waals surface area contributed by atoms with Gasteiger partial charge in [0.05, 0.1) is 50.7 Å². The third kappa shape index (κ3) is 32.2. The van der Waals surface area contributed by atoms with Crippen molar-refractivity contribution in [2.75, 3.05) is 32.3 Å². The van der Waals surface area contributed by atoms with Gasteiger partial charge in [-0.05, 0) is 163 Å². The summed E-state index contributed by atoms with van der Waals surface area (Å²) < 4.78 is 31.2. The van der Waals surface area contributed by atoms with Gasteiger partial charge in [0, 0.05) is 119 Å². The highest BCUT2D eigenvalue weighted by atomic mass is 35.5. The number of nitrogen functional groups attached to an aromatic ring is 5. The number of oxazole rings is 3. The van der Waals surface area contributed by atoms with Crippen molar-refractivity contribution in [2.45, 2.75) is 148 Å². The van der Waals surface area contributed by atoms with Crippen LogP contribution < -0.4 is 61.0 Å². The zero-order valence-corrected chi connectivity index (χ0v) is 78.0. The quantitative estimate of drug-likeness (QED) is 0.0264.